The largest absolute Gasteiger partial charge is 0.493 e. The first kappa shape index (κ1) is 17.1. The van der Waals surface area contributed by atoms with Gasteiger partial charge in [-0.2, -0.15) is 0 Å². The third-order valence-electron chi connectivity index (χ3n) is 5.72. The van der Waals surface area contributed by atoms with Gasteiger partial charge in [-0.25, -0.2) is 0 Å². The zero-order valence-corrected chi connectivity index (χ0v) is 14.7. The molecule has 0 unspecified atom stereocenters. The van der Waals surface area contributed by atoms with Crippen LogP contribution in [0.4, 0.5) is 0 Å². The van der Waals surface area contributed by atoms with E-state index in [1.54, 1.807) is 21.1 Å². The van der Waals surface area contributed by atoms with Crippen LogP contribution >= 0.6 is 0 Å². The minimum atomic E-state index is -0.665. The molecular weight excluding hydrogens is 306 g/mol. The number of fused-ring (bicyclic) bond motifs is 1. The Labute approximate surface area is 143 Å². The number of amides is 1. The summed E-state index contributed by atoms with van der Waals surface area (Å²) < 4.78 is 10.8. The van der Waals surface area contributed by atoms with E-state index in [-0.39, 0.29) is 17.9 Å². The SMILES string of the molecule is COc1ccc([C@@H]2[C@H]3CCCC[C@@]3(O)CCN2C(C)=O)cc1OC. The number of carbonyl (C=O) groups excluding carboxylic acids is 1. The second kappa shape index (κ2) is 6.63. The zero-order valence-electron chi connectivity index (χ0n) is 14.7. The molecule has 0 bridgehead atoms. The Kier molecular flexibility index (Phi) is 4.72. The third kappa shape index (κ3) is 2.86. The van der Waals surface area contributed by atoms with Crippen LogP contribution in [0.3, 0.4) is 0 Å². The number of nitrogens with zero attached hydrogens (tertiary/aromatic N) is 1. The molecule has 1 heterocycles. The van der Waals surface area contributed by atoms with Gasteiger partial charge in [0.1, 0.15) is 0 Å². The molecule has 0 radical (unpaired) electrons. The molecule has 2 fully saturated rings. The second-order valence-electron chi connectivity index (χ2n) is 6.98. The second-order valence-corrected chi connectivity index (χ2v) is 6.98. The molecule has 2 aliphatic rings. The van der Waals surface area contributed by atoms with Crippen molar-refractivity contribution < 1.29 is 19.4 Å². The molecule has 132 valence electrons. The van der Waals surface area contributed by atoms with Gasteiger partial charge < -0.3 is 19.5 Å². The van der Waals surface area contributed by atoms with Gasteiger partial charge in [-0.05, 0) is 37.0 Å². The van der Waals surface area contributed by atoms with Crippen molar-refractivity contribution in [1.29, 1.82) is 0 Å². The first-order valence-corrected chi connectivity index (χ1v) is 8.71. The van der Waals surface area contributed by atoms with Gasteiger partial charge in [0.2, 0.25) is 5.91 Å². The van der Waals surface area contributed by atoms with Crippen LogP contribution in [-0.2, 0) is 4.79 Å². The Balaban J connectivity index is 2.04. The highest BCUT2D eigenvalue weighted by atomic mass is 16.5. The van der Waals surface area contributed by atoms with E-state index < -0.39 is 5.60 Å². The van der Waals surface area contributed by atoms with Gasteiger partial charge in [0.15, 0.2) is 11.5 Å². The highest BCUT2D eigenvalue weighted by Crippen LogP contribution is 2.50. The summed E-state index contributed by atoms with van der Waals surface area (Å²) in [7, 11) is 3.22. The van der Waals surface area contributed by atoms with Crippen LogP contribution in [0.5, 0.6) is 11.5 Å². The minimum Gasteiger partial charge on any atom is -0.493 e. The number of ether oxygens (including phenoxy) is 2. The molecule has 1 saturated carbocycles. The van der Waals surface area contributed by atoms with Crippen molar-refractivity contribution in [2.45, 2.75) is 50.7 Å². The number of rotatable bonds is 3. The number of hydrogen-bond donors (Lipinski definition) is 1. The lowest BCUT2D eigenvalue weighted by molar-refractivity contribution is -0.153. The lowest BCUT2D eigenvalue weighted by Crippen LogP contribution is -2.55. The normalized spacial score (nSPS) is 29.8. The standard InChI is InChI=1S/C19H27NO4/c1-13(21)20-11-10-19(22)9-5-4-6-15(19)18(20)14-7-8-16(23-2)17(12-14)24-3/h7-8,12,15,18,22H,4-6,9-11H2,1-3H3/t15-,18-,19-/m1/s1. The lowest BCUT2D eigenvalue weighted by atomic mass is 9.66. The van der Waals surface area contributed by atoms with Gasteiger partial charge >= 0.3 is 0 Å². The Morgan fingerprint density at radius 2 is 1.96 bits per heavy atom. The molecule has 1 N–H and O–H groups in total. The molecule has 0 spiro atoms. The van der Waals surface area contributed by atoms with Crippen LogP contribution in [0.15, 0.2) is 18.2 Å². The van der Waals surface area contributed by atoms with E-state index in [9.17, 15) is 9.90 Å². The summed E-state index contributed by atoms with van der Waals surface area (Å²) in [5.41, 5.74) is 0.343. The summed E-state index contributed by atoms with van der Waals surface area (Å²) in [4.78, 5) is 14.1. The number of carbonyl (C=O) groups is 1. The van der Waals surface area contributed by atoms with Crippen molar-refractivity contribution in [3.05, 3.63) is 23.8 Å². The van der Waals surface area contributed by atoms with Crippen molar-refractivity contribution in [2.75, 3.05) is 20.8 Å². The predicted molar refractivity (Wildman–Crippen MR) is 91.2 cm³/mol. The molecule has 24 heavy (non-hydrogen) atoms. The molecule has 0 aromatic heterocycles. The van der Waals surface area contributed by atoms with E-state index in [2.05, 4.69) is 0 Å². The summed E-state index contributed by atoms with van der Waals surface area (Å²) in [5.74, 6) is 1.46. The average molecular weight is 333 g/mol. The van der Waals surface area contributed by atoms with Crippen molar-refractivity contribution in [3.8, 4) is 11.5 Å². The predicted octanol–water partition coefficient (Wildman–Crippen LogP) is 2.92. The zero-order chi connectivity index (χ0) is 17.3. The highest BCUT2D eigenvalue weighted by Gasteiger charge is 2.49. The van der Waals surface area contributed by atoms with E-state index in [0.29, 0.717) is 24.5 Å². The van der Waals surface area contributed by atoms with Crippen LogP contribution in [0.1, 0.15) is 50.6 Å². The highest BCUT2D eigenvalue weighted by molar-refractivity contribution is 5.74. The number of methoxy groups -OCH3 is 2. The number of hydrogen-bond acceptors (Lipinski definition) is 4. The molecule has 1 aliphatic heterocycles. The van der Waals surface area contributed by atoms with Crippen molar-refractivity contribution in [2.24, 2.45) is 5.92 Å². The van der Waals surface area contributed by atoms with E-state index in [1.165, 1.54) is 0 Å². The fourth-order valence-electron chi connectivity index (χ4n) is 4.48. The molecule has 1 amide bonds. The first-order valence-electron chi connectivity index (χ1n) is 8.71. The van der Waals surface area contributed by atoms with Crippen LogP contribution in [0.2, 0.25) is 0 Å². The van der Waals surface area contributed by atoms with Gasteiger partial charge in [-0.3, -0.25) is 4.79 Å². The quantitative estimate of drug-likeness (QED) is 0.924. The average Bonchev–Trinajstić information content (AvgIpc) is 2.59. The van der Waals surface area contributed by atoms with Gasteiger partial charge in [-0.1, -0.05) is 18.9 Å². The summed E-state index contributed by atoms with van der Waals surface area (Å²) >= 11 is 0. The molecule has 1 saturated heterocycles. The van der Waals surface area contributed by atoms with E-state index in [4.69, 9.17) is 9.47 Å². The van der Waals surface area contributed by atoms with Crippen LogP contribution in [0.25, 0.3) is 0 Å². The fraction of sp³-hybridized carbons (Fsp3) is 0.632. The summed E-state index contributed by atoms with van der Waals surface area (Å²) in [5, 5.41) is 11.2. The number of likely N-dealkylation sites (tertiary alicyclic amines) is 1. The number of benzene rings is 1. The summed E-state index contributed by atoms with van der Waals surface area (Å²) in [6.45, 7) is 2.21. The van der Waals surface area contributed by atoms with E-state index in [1.807, 2.05) is 23.1 Å². The van der Waals surface area contributed by atoms with Crippen molar-refractivity contribution >= 4 is 5.91 Å². The third-order valence-corrected chi connectivity index (χ3v) is 5.72. The van der Waals surface area contributed by atoms with Crippen LogP contribution in [0, 0.1) is 5.92 Å². The summed E-state index contributed by atoms with van der Waals surface area (Å²) in [6.07, 6.45) is 4.60. The molecule has 5 nitrogen and oxygen atoms in total. The van der Waals surface area contributed by atoms with E-state index in [0.717, 1.165) is 31.2 Å². The maximum atomic E-state index is 12.2. The molecule has 3 rings (SSSR count). The Morgan fingerprint density at radius 1 is 1.21 bits per heavy atom. The molecule has 1 aromatic carbocycles. The molecule has 1 aromatic rings. The molecule has 5 heteroatoms. The fourth-order valence-corrected chi connectivity index (χ4v) is 4.48. The topological polar surface area (TPSA) is 59.0 Å². The Morgan fingerprint density at radius 3 is 2.62 bits per heavy atom. The molecule has 3 atom stereocenters. The van der Waals surface area contributed by atoms with Crippen molar-refractivity contribution in [1.82, 2.24) is 4.90 Å². The first-order chi connectivity index (χ1) is 11.5. The minimum absolute atomic E-state index is 0.0578. The Hall–Kier alpha value is -1.75. The summed E-state index contributed by atoms with van der Waals surface area (Å²) in [6, 6.07) is 5.70. The van der Waals surface area contributed by atoms with Gasteiger partial charge in [0.05, 0.1) is 25.9 Å². The van der Waals surface area contributed by atoms with Crippen molar-refractivity contribution in [3.63, 3.8) is 0 Å². The van der Waals surface area contributed by atoms with Crippen LogP contribution in [-0.4, -0.2) is 42.3 Å². The maximum absolute atomic E-state index is 12.2. The monoisotopic (exact) mass is 333 g/mol. The number of piperidine rings is 1. The lowest BCUT2D eigenvalue weighted by Gasteiger charge is -2.52. The Bertz CT molecular complexity index is 617. The molecule has 1 aliphatic carbocycles. The van der Waals surface area contributed by atoms with E-state index >= 15 is 0 Å². The maximum Gasteiger partial charge on any atom is 0.219 e. The van der Waals surface area contributed by atoms with Gasteiger partial charge in [0.25, 0.3) is 0 Å². The van der Waals surface area contributed by atoms with Crippen LogP contribution < -0.4 is 9.47 Å². The van der Waals surface area contributed by atoms with Gasteiger partial charge in [-0.15, -0.1) is 0 Å². The number of aliphatic hydroxyl groups is 1. The smallest absolute Gasteiger partial charge is 0.219 e. The molecular formula is C19H27NO4. The van der Waals surface area contributed by atoms with Gasteiger partial charge in [0, 0.05) is 19.4 Å².